The van der Waals surface area contributed by atoms with Gasteiger partial charge in [-0.15, -0.1) is 0 Å². The van der Waals surface area contributed by atoms with Crippen LogP contribution >= 0.6 is 11.6 Å². The molecule has 0 aliphatic heterocycles. The molecule has 0 heterocycles. The molecule has 0 N–H and O–H groups in total. The molecule has 2 rings (SSSR count). The van der Waals surface area contributed by atoms with Crippen molar-refractivity contribution in [3.63, 3.8) is 0 Å². The molecule has 0 radical (unpaired) electrons. The Balaban J connectivity index is 2.25. The molecule has 0 bridgehead atoms. The number of hydrogen-bond donors (Lipinski definition) is 0. The maximum Gasteiger partial charge on any atom is 0.279 e. The second-order valence-electron chi connectivity index (χ2n) is 4.04. The van der Waals surface area contributed by atoms with Crippen molar-refractivity contribution in [2.75, 3.05) is 0 Å². The van der Waals surface area contributed by atoms with E-state index in [2.05, 4.69) is 0 Å². The lowest BCUT2D eigenvalue weighted by Gasteiger charge is -2.15. The van der Waals surface area contributed by atoms with Gasteiger partial charge in [-0.05, 0) is 25.0 Å². The van der Waals surface area contributed by atoms with Crippen LogP contribution in [0.15, 0.2) is 18.2 Å². The van der Waals surface area contributed by atoms with Crippen LogP contribution in [0, 0.1) is 0 Å². The second-order valence-corrected chi connectivity index (χ2v) is 4.44. The molecule has 1 fully saturated rings. The molecule has 0 spiro atoms. The highest BCUT2D eigenvalue weighted by Crippen LogP contribution is 2.38. The fourth-order valence-electron chi connectivity index (χ4n) is 1.41. The first-order valence-electron chi connectivity index (χ1n) is 5.31. The quantitative estimate of drug-likeness (QED) is 0.757. The van der Waals surface area contributed by atoms with Crippen LogP contribution in [-0.4, -0.2) is 12.4 Å². The van der Waals surface area contributed by atoms with E-state index < -0.39 is 12.3 Å². The first kappa shape index (κ1) is 12.3. The fraction of sp³-hybridized carbons (Fsp3) is 0.417. The number of carbonyl (C=O) groups excluding carboxylic acids is 1. The minimum absolute atomic E-state index is 0.0856. The number of rotatable bonds is 5. The van der Waals surface area contributed by atoms with Gasteiger partial charge in [-0.2, -0.15) is 0 Å². The second kappa shape index (κ2) is 4.61. The monoisotopic (exact) mass is 260 g/mol. The fourth-order valence-corrected chi connectivity index (χ4v) is 1.57. The summed E-state index contributed by atoms with van der Waals surface area (Å²) in [6.07, 6.45) is 1.30. The third-order valence-electron chi connectivity index (χ3n) is 2.51. The molecule has 0 saturated heterocycles. The number of carbonyl (C=O) groups is 1. The molecule has 17 heavy (non-hydrogen) atoms. The van der Waals surface area contributed by atoms with Gasteiger partial charge in [0.1, 0.15) is 12.0 Å². The summed E-state index contributed by atoms with van der Waals surface area (Å²) in [6.45, 7) is 0. The zero-order valence-electron chi connectivity index (χ0n) is 8.96. The largest absolute Gasteiger partial charge is 0.489 e. The summed E-state index contributed by atoms with van der Waals surface area (Å²) in [5, 5.41) is 0.308. The van der Waals surface area contributed by atoms with E-state index in [1.54, 1.807) is 0 Å². The van der Waals surface area contributed by atoms with E-state index in [4.69, 9.17) is 16.3 Å². The molecule has 1 aliphatic carbocycles. The van der Waals surface area contributed by atoms with Gasteiger partial charge >= 0.3 is 0 Å². The van der Waals surface area contributed by atoms with Crippen molar-refractivity contribution in [3.05, 3.63) is 28.8 Å². The van der Waals surface area contributed by atoms with Crippen LogP contribution in [0.2, 0.25) is 5.02 Å². The number of hydrogen-bond acceptors (Lipinski definition) is 2. The molecular formula is C12H11ClF2O2. The van der Waals surface area contributed by atoms with Crippen molar-refractivity contribution in [3.8, 4) is 5.75 Å². The van der Waals surface area contributed by atoms with Gasteiger partial charge in [0, 0.05) is 5.56 Å². The normalized spacial score (nSPS) is 15.7. The Morgan fingerprint density at radius 2 is 2.18 bits per heavy atom. The molecule has 5 heteroatoms. The highest BCUT2D eigenvalue weighted by molar-refractivity contribution is 6.32. The number of benzene rings is 1. The Hall–Kier alpha value is -1.16. The van der Waals surface area contributed by atoms with Crippen molar-refractivity contribution in [1.82, 2.24) is 0 Å². The number of ether oxygens (including phenoxy) is 1. The van der Waals surface area contributed by atoms with E-state index in [1.165, 1.54) is 18.2 Å². The highest BCUT2D eigenvalue weighted by atomic mass is 35.5. The van der Waals surface area contributed by atoms with E-state index >= 15 is 0 Å². The van der Waals surface area contributed by atoms with Crippen LogP contribution in [0.5, 0.6) is 5.75 Å². The zero-order chi connectivity index (χ0) is 12.5. The van der Waals surface area contributed by atoms with Gasteiger partial charge in [0.15, 0.2) is 0 Å². The van der Waals surface area contributed by atoms with Gasteiger partial charge in [-0.25, -0.2) is 8.78 Å². The lowest BCUT2D eigenvalue weighted by Crippen LogP contribution is -2.14. The van der Waals surface area contributed by atoms with Crippen LogP contribution < -0.4 is 4.74 Å². The molecule has 1 aliphatic rings. The summed E-state index contributed by atoms with van der Waals surface area (Å²) in [4.78, 5) is 10.2. The van der Waals surface area contributed by atoms with Gasteiger partial charge in [0.2, 0.25) is 0 Å². The topological polar surface area (TPSA) is 26.3 Å². The Morgan fingerprint density at radius 3 is 2.76 bits per heavy atom. The Labute approximate surface area is 103 Å². The van der Waals surface area contributed by atoms with E-state index in [9.17, 15) is 13.6 Å². The van der Waals surface area contributed by atoms with E-state index in [-0.39, 0.29) is 23.7 Å². The first-order chi connectivity index (χ1) is 8.03. The third kappa shape index (κ3) is 2.94. The average Bonchev–Trinajstić information content (AvgIpc) is 3.05. The number of alkyl halides is 2. The van der Waals surface area contributed by atoms with Gasteiger partial charge in [-0.3, -0.25) is 0 Å². The molecule has 92 valence electrons. The summed E-state index contributed by atoms with van der Waals surface area (Å²) < 4.78 is 32.4. The Kier molecular flexibility index (Phi) is 3.33. The molecule has 0 atom stereocenters. The lowest BCUT2D eigenvalue weighted by molar-refractivity contribution is -0.115. The van der Waals surface area contributed by atoms with E-state index in [0.29, 0.717) is 5.02 Å². The van der Waals surface area contributed by atoms with Gasteiger partial charge < -0.3 is 9.53 Å². The molecule has 1 aromatic rings. The molecule has 2 nitrogen and oxygen atoms in total. The maximum atomic E-state index is 13.5. The summed E-state index contributed by atoms with van der Waals surface area (Å²) in [5.41, 5.74) is -0.246. The van der Waals surface area contributed by atoms with Crippen molar-refractivity contribution >= 4 is 17.9 Å². The molecule has 1 saturated carbocycles. The molecule has 1 aromatic carbocycles. The van der Waals surface area contributed by atoms with E-state index in [1.807, 2.05) is 0 Å². The number of aldehydes is 1. The number of halogens is 3. The average molecular weight is 261 g/mol. The highest BCUT2D eigenvalue weighted by Gasteiger charge is 2.32. The Morgan fingerprint density at radius 1 is 1.47 bits per heavy atom. The smallest absolute Gasteiger partial charge is 0.279 e. The Bertz CT molecular complexity index is 431. The van der Waals surface area contributed by atoms with Crippen molar-refractivity contribution < 1.29 is 18.3 Å². The standard InChI is InChI=1S/C12H11ClF2O2/c13-10-4-1-8(12(14,15)5-6-16)7-11(10)17-9-2-3-9/h1,4,6-7,9H,2-3,5H2. The van der Waals surface area contributed by atoms with Gasteiger partial charge in [0.05, 0.1) is 17.5 Å². The summed E-state index contributed by atoms with van der Waals surface area (Å²) in [6, 6.07) is 3.79. The molecular weight excluding hydrogens is 250 g/mol. The SMILES string of the molecule is O=CCC(F)(F)c1ccc(Cl)c(OC2CC2)c1. The molecule has 0 aromatic heterocycles. The minimum Gasteiger partial charge on any atom is -0.489 e. The van der Waals surface area contributed by atoms with Crippen molar-refractivity contribution in [2.45, 2.75) is 31.3 Å². The van der Waals surface area contributed by atoms with E-state index in [0.717, 1.165) is 12.8 Å². The van der Waals surface area contributed by atoms with Crippen LogP contribution in [-0.2, 0) is 10.7 Å². The first-order valence-corrected chi connectivity index (χ1v) is 5.69. The third-order valence-corrected chi connectivity index (χ3v) is 2.82. The van der Waals surface area contributed by atoms with Gasteiger partial charge in [-0.1, -0.05) is 17.7 Å². The maximum absolute atomic E-state index is 13.5. The zero-order valence-corrected chi connectivity index (χ0v) is 9.71. The van der Waals surface area contributed by atoms with Crippen molar-refractivity contribution in [1.29, 1.82) is 0 Å². The lowest BCUT2D eigenvalue weighted by atomic mass is 10.1. The van der Waals surface area contributed by atoms with Crippen LogP contribution in [0.25, 0.3) is 0 Å². The predicted molar refractivity (Wildman–Crippen MR) is 59.7 cm³/mol. The summed E-state index contributed by atoms with van der Waals surface area (Å²) in [7, 11) is 0. The van der Waals surface area contributed by atoms with Crippen LogP contribution in [0.3, 0.4) is 0 Å². The summed E-state index contributed by atoms with van der Waals surface area (Å²) >= 11 is 5.86. The summed E-state index contributed by atoms with van der Waals surface area (Å²) in [5.74, 6) is -2.91. The molecule has 0 amide bonds. The van der Waals surface area contributed by atoms with Crippen LogP contribution in [0.1, 0.15) is 24.8 Å². The van der Waals surface area contributed by atoms with Gasteiger partial charge in [0.25, 0.3) is 5.92 Å². The van der Waals surface area contributed by atoms with Crippen LogP contribution in [0.4, 0.5) is 8.78 Å². The van der Waals surface area contributed by atoms with Crippen molar-refractivity contribution in [2.24, 2.45) is 0 Å². The minimum atomic E-state index is -3.17. The molecule has 0 unspecified atom stereocenters. The predicted octanol–water partition coefficient (Wildman–Crippen LogP) is 3.56.